The average Bonchev–Trinajstić information content (AvgIpc) is 3.57. The van der Waals surface area contributed by atoms with Crippen LogP contribution in [0.5, 0.6) is 11.5 Å². The van der Waals surface area contributed by atoms with Crippen molar-refractivity contribution >= 4 is 38.9 Å². The van der Waals surface area contributed by atoms with E-state index in [1.165, 1.54) is 11.0 Å². The minimum Gasteiger partial charge on any atom is -0.454 e. The number of rotatable bonds is 4. The topological polar surface area (TPSA) is 114 Å². The first-order valence-electron chi connectivity index (χ1n) is 10.6. The Bertz CT molecular complexity index is 1420. The molecule has 6 rings (SSSR count). The maximum Gasteiger partial charge on any atom is 0.256 e. The highest BCUT2D eigenvalue weighted by Crippen LogP contribution is 2.38. The molecule has 4 heterocycles. The summed E-state index contributed by atoms with van der Waals surface area (Å²) < 4.78 is 39.1. The number of anilines is 1. The molecular formula is C23H19N3O6S2. The first-order valence-corrected chi connectivity index (χ1v) is 13.0. The number of benzene rings is 2. The smallest absolute Gasteiger partial charge is 0.256 e. The van der Waals surface area contributed by atoms with Gasteiger partial charge in [-0.05, 0) is 53.3 Å². The number of sulfonamides is 1. The second-order valence-electron chi connectivity index (χ2n) is 8.21. The van der Waals surface area contributed by atoms with Crippen LogP contribution in [0.15, 0.2) is 58.1 Å². The molecule has 1 aromatic heterocycles. The fraction of sp³-hybridized carbons (Fsp3) is 0.217. The van der Waals surface area contributed by atoms with Gasteiger partial charge >= 0.3 is 0 Å². The number of hydrogen-bond acceptors (Lipinski definition) is 7. The van der Waals surface area contributed by atoms with E-state index in [-0.39, 0.29) is 23.5 Å². The molecule has 3 aliphatic heterocycles. The number of hydrogen-bond donors (Lipinski definition) is 2. The summed E-state index contributed by atoms with van der Waals surface area (Å²) in [7, 11) is -3.79. The Hall–Kier alpha value is -3.41. The van der Waals surface area contributed by atoms with E-state index in [2.05, 4.69) is 10.0 Å². The molecule has 0 radical (unpaired) electrons. The van der Waals surface area contributed by atoms with Crippen molar-refractivity contribution in [3.8, 4) is 22.6 Å². The number of fused-ring (bicyclic) bond motifs is 3. The van der Waals surface area contributed by atoms with Gasteiger partial charge in [0.05, 0.1) is 17.3 Å². The lowest BCUT2D eigenvalue weighted by atomic mass is 10.0. The molecule has 34 heavy (non-hydrogen) atoms. The van der Waals surface area contributed by atoms with Crippen molar-refractivity contribution in [2.24, 2.45) is 0 Å². The van der Waals surface area contributed by atoms with Gasteiger partial charge in [0.15, 0.2) is 11.5 Å². The Kier molecular flexibility index (Phi) is 4.87. The average molecular weight is 498 g/mol. The SMILES string of the molecule is O=C1Nc2ccc(-c3ccc4c(c3)OCO4)cc2C(=O)N2CC[C@@H](NS(=O)(=O)c3cccs3)[C@@H]12. The van der Waals surface area contributed by atoms with E-state index in [4.69, 9.17) is 9.47 Å². The van der Waals surface area contributed by atoms with Crippen LogP contribution in [0.2, 0.25) is 0 Å². The maximum absolute atomic E-state index is 13.5. The molecule has 0 spiro atoms. The van der Waals surface area contributed by atoms with Crippen molar-refractivity contribution in [2.75, 3.05) is 18.7 Å². The minimum atomic E-state index is -3.79. The van der Waals surface area contributed by atoms with Crippen LogP contribution in [0.25, 0.3) is 11.1 Å². The summed E-state index contributed by atoms with van der Waals surface area (Å²) in [6, 6.07) is 12.3. The third-order valence-electron chi connectivity index (χ3n) is 6.21. The zero-order valence-corrected chi connectivity index (χ0v) is 19.3. The molecular weight excluding hydrogens is 478 g/mol. The van der Waals surface area contributed by atoms with Crippen LogP contribution in [0.1, 0.15) is 16.8 Å². The molecule has 0 aliphatic carbocycles. The molecule has 3 aromatic rings. The molecule has 0 bridgehead atoms. The van der Waals surface area contributed by atoms with Crippen molar-refractivity contribution in [1.29, 1.82) is 0 Å². The van der Waals surface area contributed by atoms with Gasteiger partial charge in [-0.1, -0.05) is 18.2 Å². The lowest BCUT2D eigenvalue weighted by Gasteiger charge is -2.24. The predicted molar refractivity (Wildman–Crippen MR) is 125 cm³/mol. The van der Waals surface area contributed by atoms with Gasteiger partial charge in [-0.25, -0.2) is 13.1 Å². The Morgan fingerprint density at radius 2 is 1.82 bits per heavy atom. The van der Waals surface area contributed by atoms with Crippen LogP contribution in [0.3, 0.4) is 0 Å². The molecule has 2 atom stereocenters. The lowest BCUT2D eigenvalue weighted by molar-refractivity contribution is -0.120. The van der Waals surface area contributed by atoms with Gasteiger partial charge in [-0.3, -0.25) is 9.59 Å². The molecule has 1 saturated heterocycles. The van der Waals surface area contributed by atoms with Crippen LogP contribution < -0.4 is 19.5 Å². The van der Waals surface area contributed by atoms with Crippen molar-refractivity contribution < 1.29 is 27.5 Å². The zero-order chi connectivity index (χ0) is 23.4. The summed E-state index contributed by atoms with van der Waals surface area (Å²) in [4.78, 5) is 28.0. The molecule has 2 amide bonds. The van der Waals surface area contributed by atoms with Gasteiger partial charge < -0.3 is 19.7 Å². The van der Waals surface area contributed by atoms with Crippen LogP contribution in [0, 0.1) is 0 Å². The Balaban J connectivity index is 1.31. The fourth-order valence-corrected chi connectivity index (χ4v) is 6.87. The van der Waals surface area contributed by atoms with E-state index in [1.807, 2.05) is 24.3 Å². The van der Waals surface area contributed by atoms with Gasteiger partial charge in [0, 0.05) is 6.54 Å². The number of carbonyl (C=O) groups excluding carboxylic acids is 2. The Morgan fingerprint density at radius 3 is 2.65 bits per heavy atom. The zero-order valence-electron chi connectivity index (χ0n) is 17.7. The van der Waals surface area contributed by atoms with Gasteiger partial charge in [-0.2, -0.15) is 0 Å². The highest BCUT2D eigenvalue weighted by Gasteiger charge is 2.46. The highest BCUT2D eigenvalue weighted by atomic mass is 32.2. The standard InChI is InChI=1S/C23H19N3O6S2/c27-22-21-17(25-34(29,30)20-2-1-9-33-20)7-8-26(21)23(28)15-10-13(3-5-16(15)24-22)14-4-6-18-19(11-14)32-12-31-18/h1-6,9-11,17,21,25H,7-8,12H2,(H,24,27)/t17-,21+/m1/s1. The first-order chi connectivity index (χ1) is 16.4. The molecule has 0 unspecified atom stereocenters. The van der Waals surface area contributed by atoms with Crippen molar-refractivity contribution in [3.05, 3.63) is 59.5 Å². The van der Waals surface area contributed by atoms with E-state index in [0.29, 0.717) is 29.2 Å². The molecule has 11 heteroatoms. The lowest BCUT2D eigenvalue weighted by Crippen LogP contribution is -2.51. The van der Waals surface area contributed by atoms with Crippen LogP contribution in [-0.4, -0.2) is 50.6 Å². The normalized spacial score (nSPS) is 21.1. The molecule has 3 aliphatic rings. The molecule has 1 fully saturated rings. The van der Waals surface area contributed by atoms with Gasteiger partial charge in [0.2, 0.25) is 22.7 Å². The summed E-state index contributed by atoms with van der Waals surface area (Å²) in [6.45, 7) is 0.434. The quantitative estimate of drug-likeness (QED) is 0.573. The van der Waals surface area contributed by atoms with E-state index < -0.39 is 28.0 Å². The third-order valence-corrected chi connectivity index (χ3v) is 9.09. The Morgan fingerprint density at radius 1 is 1.03 bits per heavy atom. The minimum absolute atomic E-state index is 0.168. The van der Waals surface area contributed by atoms with Crippen LogP contribution >= 0.6 is 11.3 Å². The van der Waals surface area contributed by atoms with Gasteiger partial charge in [-0.15, -0.1) is 11.3 Å². The maximum atomic E-state index is 13.5. The summed E-state index contributed by atoms with van der Waals surface area (Å²) in [5.74, 6) is 0.559. The molecule has 2 aromatic carbocycles. The number of ether oxygens (including phenoxy) is 2. The fourth-order valence-electron chi connectivity index (χ4n) is 4.59. The molecule has 9 nitrogen and oxygen atoms in total. The van der Waals surface area contributed by atoms with Crippen molar-refractivity contribution in [3.63, 3.8) is 0 Å². The second kappa shape index (κ2) is 7.83. The summed E-state index contributed by atoms with van der Waals surface area (Å²) >= 11 is 1.10. The Labute approximate surface area is 199 Å². The van der Waals surface area contributed by atoms with E-state index >= 15 is 0 Å². The van der Waals surface area contributed by atoms with E-state index in [1.54, 1.807) is 23.6 Å². The first kappa shape index (κ1) is 21.1. The highest BCUT2D eigenvalue weighted by molar-refractivity contribution is 7.91. The summed E-state index contributed by atoms with van der Waals surface area (Å²) in [5.41, 5.74) is 2.38. The third kappa shape index (κ3) is 3.44. The number of nitrogens with one attached hydrogen (secondary N) is 2. The number of carbonyl (C=O) groups is 2. The monoisotopic (exact) mass is 497 g/mol. The van der Waals surface area contributed by atoms with Gasteiger partial charge in [0.25, 0.3) is 5.91 Å². The summed E-state index contributed by atoms with van der Waals surface area (Å²) in [6.07, 6.45) is 0.339. The molecule has 2 N–H and O–H groups in total. The van der Waals surface area contributed by atoms with Gasteiger partial charge in [0.1, 0.15) is 10.3 Å². The number of amides is 2. The van der Waals surface area contributed by atoms with E-state index in [0.717, 1.165) is 22.5 Å². The van der Waals surface area contributed by atoms with Crippen molar-refractivity contribution in [1.82, 2.24) is 9.62 Å². The molecule has 174 valence electrons. The van der Waals surface area contributed by atoms with Crippen molar-refractivity contribution in [2.45, 2.75) is 22.7 Å². The largest absolute Gasteiger partial charge is 0.454 e. The number of thiophene rings is 1. The van der Waals surface area contributed by atoms with E-state index in [9.17, 15) is 18.0 Å². The van der Waals surface area contributed by atoms with Crippen LogP contribution in [0.4, 0.5) is 5.69 Å². The predicted octanol–water partition coefficient (Wildman–Crippen LogP) is 2.66. The second-order valence-corrected chi connectivity index (χ2v) is 11.1. The summed E-state index contributed by atoms with van der Waals surface area (Å²) in [5, 5.41) is 4.49. The number of nitrogens with zero attached hydrogens (tertiary/aromatic N) is 1. The molecule has 0 saturated carbocycles. The van der Waals surface area contributed by atoms with Crippen LogP contribution in [-0.2, 0) is 14.8 Å².